The third kappa shape index (κ3) is 5.23. The molecular weight excluding hydrogens is 368 g/mol. The number of Topliss-reactive ketones (excluding diaryl/α,β-unsaturated/α-hetero) is 1. The van der Waals surface area contributed by atoms with E-state index in [4.69, 9.17) is 14.2 Å². The standard InChI is InChI=1S/C24H22O5/c1-27-22-13-8-17(14-23(22)28-2)15-24(26)29-16-21(25)20-11-9-19(10-12-20)18-6-4-3-5-7-18/h3-14H,15-16H2,1-2H3. The molecule has 3 aromatic carbocycles. The van der Waals surface area contributed by atoms with Gasteiger partial charge in [-0.1, -0.05) is 60.7 Å². The summed E-state index contributed by atoms with van der Waals surface area (Å²) in [5.41, 5.74) is 3.32. The molecule has 0 aliphatic rings. The van der Waals surface area contributed by atoms with Crippen LogP contribution in [0.3, 0.4) is 0 Å². The van der Waals surface area contributed by atoms with E-state index in [9.17, 15) is 9.59 Å². The minimum absolute atomic E-state index is 0.0422. The summed E-state index contributed by atoms with van der Waals surface area (Å²) in [6.07, 6.45) is 0.0422. The highest BCUT2D eigenvalue weighted by molar-refractivity contribution is 5.98. The number of benzene rings is 3. The van der Waals surface area contributed by atoms with Gasteiger partial charge < -0.3 is 14.2 Å². The lowest BCUT2D eigenvalue weighted by molar-refractivity contribution is -0.141. The fraction of sp³-hybridized carbons (Fsp3) is 0.167. The molecule has 0 radical (unpaired) electrons. The molecule has 0 atom stereocenters. The van der Waals surface area contributed by atoms with Crippen molar-refractivity contribution in [2.45, 2.75) is 6.42 Å². The van der Waals surface area contributed by atoms with Crippen LogP contribution in [0.15, 0.2) is 72.8 Å². The number of ketones is 1. The van der Waals surface area contributed by atoms with Gasteiger partial charge in [-0.15, -0.1) is 0 Å². The van der Waals surface area contributed by atoms with Crippen molar-refractivity contribution in [3.05, 3.63) is 83.9 Å². The van der Waals surface area contributed by atoms with Gasteiger partial charge in [-0.2, -0.15) is 0 Å². The largest absolute Gasteiger partial charge is 0.493 e. The van der Waals surface area contributed by atoms with Gasteiger partial charge in [-0.3, -0.25) is 9.59 Å². The summed E-state index contributed by atoms with van der Waals surface area (Å²) in [7, 11) is 3.07. The van der Waals surface area contributed by atoms with Gasteiger partial charge in [-0.05, 0) is 28.8 Å². The van der Waals surface area contributed by atoms with Gasteiger partial charge in [0.25, 0.3) is 0 Å². The summed E-state index contributed by atoms with van der Waals surface area (Å²) in [6, 6.07) is 22.3. The predicted octanol–water partition coefficient (Wildman–Crippen LogP) is 4.34. The number of hydrogen-bond donors (Lipinski definition) is 0. The average Bonchev–Trinajstić information content (AvgIpc) is 2.78. The van der Waals surface area contributed by atoms with E-state index in [0.29, 0.717) is 22.6 Å². The van der Waals surface area contributed by atoms with Crippen molar-refractivity contribution in [1.29, 1.82) is 0 Å². The monoisotopic (exact) mass is 390 g/mol. The summed E-state index contributed by atoms with van der Waals surface area (Å²) >= 11 is 0. The average molecular weight is 390 g/mol. The van der Waals surface area contributed by atoms with E-state index in [1.807, 2.05) is 42.5 Å². The maximum atomic E-state index is 12.3. The molecule has 0 saturated carbocycles. The first kappa shape index (κ1) is 20.1. The van der Waals surface area contributed by atoms with Crippen LogP contribution in [-0.4, -0.2) is 32.6 Å². The fourth-order valence-corrected chi connectivity index (χ4v) is 2.92. The second-order valence-corrected chi connectivity index (χ2v) is 6.39. The second kappa shape index (κ2) is 9.55. The molecule has 0 unspecified atom stereocenters. The Labute approximate surface area is 169 Å². The van der Waals surface area contributed by atoms with Crippen molar-refractivity contribution < 1.29 is 23.8 Å². The summed E-state index contributed by atoms with van der Waals surface area (Å²) in [5.74, 6) is 0.392. The molecule has 0 N–H and O–H groups in total. The molecule has 0 spiro atoms. The van der Waals surface area contributed by atoms with E-state index in [2.05, 4.69) is 0 Å². The van der Waals surface area contributed by atoms with Crippen LogP contribution in [0.1, 0.15) is 15.9 Å². The second-order valence-electron chi connectivity index (χ2n) is 6.39. The van der Waals surface area contributed by atoms with Gasteiger partial charge in [0.15, 0.2) is 23.9 Å². The van der Waals surface area contributed by atoms with Gasteiger partial charge >= 0.3 is 5.97 Å². The lowest BCUT2D eigenvalue weighted by Crippen LogP contribution is -2.15. The highest BCUT2D eigenvalue weighted by Gasteiger charge is 2.12. The number of carbonyl (C=O) groups is 2. The van der Waals surface area contributed by atoms with E-state index in [0.717, 1.165) is 11.1 Å². The highest BCUT2D eigenvalue weighted by atomic mass is 16.5. The molecule has 0 aromatic heterocycles. The van der Waals surface area contributed by atoms with E-state index >= 15 is 0 Å². The Hall–Kier alpha value is -3.60. The summed E-state index contributed by atoms with van der Waals surface area (Å²) in [5, 5.41) is 0. The van der Waals surface area contributed by atoms with E-state index in [-0.39, 0.29) is 18.8 Å². The lowest BCUT2D eigenvalue weighted by atomic mass is 10.0. The van der Waals surface area contributed by atoms with Crippen LogP contribution in [0.5, 0.6) is 11.5 Å². The number of carbonyl (C=O) groups excluding carboxylic acids is 2. The molecule has 0 heterocycles. The van der Waals surface area contributed by atoms with Crippen molar-refractivity contribution >= 4 is 11.8 Å². The number of esters is 1. The topological polar surface area (TPSA) is 61.8 Å². The van der Waals surface area contributed by atoms with Crippen LogP contribution in [0.2, 0.25) is 0 Å². The van der Waals surface area contributed by atoms with Crippen LogP contribution < -0.4 is 9.47 Å². The van der Waals surface area contributed by atoms with Gasteiger partial charge in [-0.25, -0.2) is 0 Å². The first-order valence-corrected chi connectivity index (χ1v) is 9.16. The molecule has 3 aromatic rings. The van der Waals surface area contributed by atoms with Crippen LogP contribution >= 0.6 is 0 Å². The predicted molar refractivity (Wildman–Crippen MR) is 110 cm³/mol. The normalized spacial score (nSPS) is 10.3. The van der Waals surface area contributed by atoms with Crippen LogP contribution in [0, 0.1) is 0 Å². The van der Waals surface area contributed by atoms with Crippen molar-refractivity contribution in [2.75, 3.05) is 20.8 Å². The third-order valence-corrected chi connectivity index (χ3v) is 4.47. The van der Waals surface area contributed by atoms with Gasteiger partial charge in [0, 0.05) is 5.56 Å². The van der Waals surface area contributed by atoms with Crippen LogP contribution in [0.25, 0.3) is 11.1 Å². The highest BCUT2D eigenvalue weighted by Crippen LogP contribution is 2.27. The molecule has 29 heavy (non-hydrogen) atoms. The number of ether oxygens (including phenoxy) is 3. The Bertz CT molecular complexity index is 978. The minimum atomic E-state index is -0.480. The molecule has 0 saturated heterocycles. The van der Waals surface area contributed by atoms with E-state index in [1.165, 1.54) is 7.11 Å². The summed E-state index contributed by atoms with van der Waals surface area (Å²) in [6.45, 7) is -0.295. The van der Waals surface area contributed by atoms with Gasteiger partial charge in [0.1, 0.15) is 0 Å². The fourth-order valence-electron chi connectivity index (χ4n) is 2.92. The third-order valence-electron chi connectivity index (χ3n) is 4.47. The zero-order valence-corrected chi connectivity index (χ0v) is 16.4. The molecule has 3 rings (SSSR count). The maximum absolute atomic E-state index is 12.3. The quantitative estimate of drug-likeness (QED) is 0.423. The number of hydrogen-bond acceptors (Lipinski definition) is 5. The first-order chi connectivity index (χ1) is 14.1. The number of methoxy groups -OCH3 is 2. The molecule has 5 nitrogen and oxygen atoms in total. The molecule has 0 fully saturated rings. The van der Waals surface area contributed by atoms with Gasteiger partial charge in [0.05, 0.1) is 20.6 Å². The lowest BCUT2D eigenvalue weighted by Gasteiger charge is -2.09. The van der Waals surface area contributed by atoms with Gasteiger partial charge in [0.2, 0.25) is 0 Å². The van der Waals surface area contributed by atoms with Crippen molar-refractivity contribution in [3.63, 3.8) is 0 Å². The first-order valence-electron chi connectivity index (χ1n) is 9.16. The SMILES string of the molecule is COc1ccc(CC(=O)OCC(=O)c2ccc(-c3ccccc3)cc2)cc1OC. The Balaban J connectivity index is 1.55. The maximum Gasteiger partial charge on any atom is 0.310 e. The molecule has 5 heteroatoms. The molecule has 0 bridgehead atoms. The van der Waals surface area contributed by atoms with Crippen LogP contribution in [-0.2, 0) is 16.0 Å². The molecule has 0 aliphatic carbocycles. The van der Waals surface area contributed by atoms with Crippen LogP contribution in [0.4, 0.5) is 0 Å². The minimum Gasteiger partial charge on any atom is -0.493 e. The Kier molecular flexibility index (Phi) is 6.63. The Morgan fingerprint density at radius 3 is 2.07 bits per heavy atom. The smallest absolute Gasteiger partial charge is 0.310 e. The molecule has 148 valence electrons. The molecular formula is C24H22O5. The summed E-state index contributed by atoms with van der Waals surface area (Å²) < 4.78 is 15.5. The summed E-state index contributed by atoms with van der Waals surface area (Å²) in [4.78, 5) is 24.4. The Morgan fingerprint density at radius 1 is 0.759 bits per heavy atom. The van der Waals surface area contributed by atoms with E-state index in [1.54, 1.807) is 37.4 Å². The van der Waals surface area contributed by atoms with Crippen molar-refractivity contribution in [2.24, 2.45) is 0 Å². The van der Waals surface area contributed by atoms with Crippen molar-refractivity contribution in [1.82, 2.24) is 0 Å². The Morgan fingerprint density at radius 2 is 1.41 bits per heavy atom. The zero-order chi connectivity index (χ0) is 20.6. The van der Waals surface area contributed by atoms with Crippen molar-refractivity contribution in [3.8, 4) is 22.6 Å². The van der Waals surface area contributed by atoms with E-state index < -0.39 is 5.97 Å². The zero-order valence-electron chi connectivity index (χ0n) is 16.4. The molecule has 0 aliphatic heterocycles. The number of rotatable bonds is 8. The molecule has 0 amide bonds.